The number of aromatic nitrogens is 1. The molecule has 4 heteroatoms. The SMILES string of the molecule is Cc1cc(C(O)Cc2ccncc2Cl)ccc1F. The van der Waals surface area contributed by atoms with E-state index in [-0.39, 0.29) is 5.82 Å². The van der Waals surface area contributed by atoms with Gasteiger partial charge in [0, 0.05) is 18.8 Å². The smallest absolute Gasteiger partial charge is 0.126 e. The minimum absolute atomic E-state index is 0.270. The normalized spacial score (nSPS) is 12.4. The molecule has 94 valence electrons. The van der Waals surface area contributed by atoms with Crippen molar-refractivity contribution in [1.82, 2.24) is 4.98 Å². The van der Waals surface area contributed by atoms with Crippen LogP contribution in [0.3, 0.4) is 0 Å². The third kappa shape index (κ3) is 2.86. The van der Waals surface area contributed by atoms with Crippen LogP contribution in [0.2, 0.25) is 5.02 Å². The predicted octanol–water partition coefficient (Wildman–Crippen LogP) is 3.46. The summed E-state index contributed by atoms with van der Waals surface area (Å²) in [5, 5.41) is 10.6. The molecule has 1 N–H and O–H groups in total. The Morgan fingerprint density at radius 2 is 2.17 bits per heavy atom. The van der Waals surface area contributed by atoms with Gasteiger partial charge in [0.1, 0.15) is 5.82 Å². The highest BCUT2D eigenvalue weighted by molar-refractivity contribution is 6.31. The molecular formula is C14H13ClFNO. The van der Waals surface area contributed by atoms with Crippen LogP contribution in [-0.2, 0) is 6.42 Å². The van der Waals surface area contributed by atoms with Gasteiger partial charge in [0.2, 0.25) is 0 Å². The van der Waals surface area contributed by atoms with E-state index in [1.807, 2.05) is 0 Å². The summed E-state index contributed by atoms with van der Waals surface area (Å²) in [5.74, 6) is -0.270. The number of rotatable bonds is 3. The van der Waals surface area contributed by atoms with Crippen LogP contribution in [0.4, 0.5) is 4.39 Å². The second kappa shape index (κ2) is 5.46. The number of nitrogens with zero attached hydrogens (tertiary/aromatic N) is 1. The van der Waals surface area contributed by atoms with Crippen LogP contribution in [0.1, 0.15) is 22.8 Å². The van der Waals surface area contributed by atoms with Crippen molar-refractivity contribution < 1.29 is 9.50 Å². The minimum atomic E-state index is -0.704. The van der Waals surface area contributed by atoms with E-state index in [9.17, 15) is 9.50 Å². The maximum absolute atomic E-state index is 13.1. The molecule has 0 aliphatic carbocycles. The standard InChI is InChI=1S/C14H13ClFNO/c1-9-6-11(2-3-13(9)16)14(18)7-10-4-5-17-8-12(10)15/h2-6,8,14,18H,7H2,1H3. The highest BCUT2D eigenvalue weighted by atomic mass is 35.5. The summed E-state index contributed by atoms with van der Waals surface area (Å²) in [5.41, 5.74) is 2.02. The van der Waals surface area contributed by atoms with Gasteiger partial charge in [0.25, 0.3) is 0 Å². The minimum Gasteiger partial charge on any atom is -0.388 e. The van der Waals surface area contributed by atoms with Gasteiger partial charge in [-0.15, -0.1) is 0 Å². The summed E-state index contributed by atoms with van der Waals surface area (Å²) < 4.78 is 13.1. The lowest BCUT2D eigenvalue weighted by Gasteiger charge is -2.12. The lowest BCUT2D eigenvalue weighted by molar-refractivity contribution is 0.178. The second-order valence-corrected chi connectivity index (χ2v) is 4.60. The first kappa shape index (κ1) is 13.0. The second-order valence-electron chi connectivity index (χ2n) is 4.20. The van der Waals surface area contributed by atoms with Crippen molar-refractivity contribution in [3.05, 3.63) is 64.2 Å². The average molecular weight is 266 g/mol. The lowest BCUT2D eigenvalue weighted by atomic mass is 10.0. The van der Waals surface area contributed by atoms with Gasteiger partial charge in [-0.2, -0.15) is 0 Å². The van der Waals surface area contributed by atoms with E-state index < -0.39 is 6.10 Å². The molecule has 0 saturated heterocycles. The van der Waals surface area contributed by atoms with Gasteiger partial charge < -0.3 is 5.11 Å². The van der Waals surface area contributed by atoms with Gasteiger partial charge in [-0.3, -0.25) is 4.98 Å². The first-order valence-corrected chi connectivity index (χ1v) is 5.98. The van der Waals surface area contributed by atoms with Crippen molar-refractivity contribution >= 4 is 11.6 Å². The molecule has 1 atom stereocenters. The third-order valence-electron chi connectivity index (χ3n) is 2.84. The fraction of sp³-hybridized carbons (Fsp3) is 0.214. The number of aliphatic hydroxyl groups excluding tert-OH is 1. The maximum Gasteiger partial charge on any atom is 0.126 e. The summed E-state index contributed by atoms with van der Waals surface area (Å²) in [4.78, 5) is 3.89. The molecule has 0 saturated carbocycles. The fourth-order valence-corrected chi connectivity index (χ4v) is 1.97. The summed E-state index contributed by atoms with van der Waals surface area (Å²) in [6.45, 7) is 1.67. The molecule has 0 radical (unpaired) electrons. The largest absolute Gasteiger partial charge is 0.388 e. The van der Waals surface area contributed by atoms with E-state index in [1.165, 1.54) is 6.07 Å². The molecular weight excluding hydrogens is 253 g/mol. The van der Waals surface area contributed by atoms with Crippen LogP contribution in [-0.4, -0.2) is 10.1 Å². The number of aryl methyl sites for hydroxylation is 1. The highest BCUT2D eigenvalue weighted by Gasteiger charge is 2.12. The monoisotopic (exact) mass is 265 g/mol. The van der Waals surface area contributed by atoms with Gasteiger partial charge in [-0.25, -0.2) is 4.39 Å². The van der Waals surface area contributed by atoms with E-state index in [0.29, 0.717) is 22.6 Å². The van der Waals surface area contributed by atoms with Gasteiger partial charge in [-0.1, -0.05) is 23.7 Å². The van der Waals surface area contributed by atoms with Crippen LogP contribution in [0.15, 0.2) is 36.7 Å². The average Bonchev–Trinajstić information content (AvgIpc) is 2.35. The van der Waals surface area contributed by atoms with Crippen molar-refractivity contribution in [1.29, 1.82) is 0 Å². The summed E-state index contributed by atoms with van der Waals surface area (Å²) in [7, 11) is 0. The van der Waals surface area contributed by atoms with Crippen LogP contribution in [0.5, 0.6) is 0 Å². The number of benzene rings is 1. The Morgan fingerprint density at radius 1 is 1.39 bits per heavy atom. The molecule has 0 bridgehead atoms. The molecule has 1 aromatic carbocycles. The van der Waals surface area contributed by atoms with Crippen molar-refractivity contribution in [2.45, 2.75) is 19.4 Å². The highest BCUT2D eigenvalue weighted by Crippen LogP contribution is 2.23. The Hall–Kier alpha value is -1.45. The van der Waals surface area contributed by atoms with Crippen molar-refractivity contribution in [2.24, 2.45) is 0 Å². The Morgan fingerprint density at radius 3 is 2.83 bits per heavy atom. The molecule has 0 aliphatic heterocycles. The Kier molecular flexibility index (Phi) is 3.94. The zero-order chi connectivity index (χ0) is 13.1. The van der Waals surface area contributed by atoms with Crippen LogP contribution < -0.4 is 0 Å². The quantitative estimate of drug-likeness (QED) is 0.922. The van der Waals surface area contributed by atoms with E-state index in [4.69, 9.17) is 11.6 Å². The topological polar surface area (TPSA) is 33.1 Å². The van der Waals surface area contributed by atoms with Gasteiger partial charge in [0.15, 0.2) is 0 Å². The van der Waals surface area contributed by atoms with Gasteiger partial charge in [0.05, 0.1) is 11.1 Å². The molecule has 18 heavy (non-hydrogen) atoms. The summed E-state index contributed by atoms with van der Waals surface area (Å²) >= 11 is 5.98. The zero-order valence-corrected chi connectivity index (χ0v) is 10.7. The predicted molar refractivity (Wildman–Crippen MR) is 69.0 cm³/mol. The molecule has 0 aliphatic rings. The van der Waals surface area contributed by atoms with E-state index in [1.54, 1.807) is 37.5 Å². The summed E-state index contributed by atoms with van der Waals surface area (Å²) in [6.07, 6.45) is 2.85. The van der Waals surface area contributed by atoms with E-state index >= 15 is 0 Å². The molecule has 0 spiro atoms. The lowest BCUT2D eigenvalue weighted by Crippen LogP contribution is -2.03. The van der Waals surface area contributed by atoms with E-state index in [0.717, 1.165) is 5.56 Å². The summed E-state index contributed by atoms with van der Waals surface area (Å²) in [6, 6.07) is 6.36. The molecule has 2 nitrogen and oxygen atoms in total. The molecule has 1 unspecified atom stereocenters. The zero-order valence-electron chi connectivity index (χ0n) is 9.90. The van der Waals surface area contributed by atoms with Gasteiger partial charge >= 0.3 is 0 Å². The first-order chi connectivity index (χ1) is 8.58. The number of hydrogen-bond acceptors (Lipinski definition) is 2. The number of aliphatic hydroxyl groups is 1. The van der Waals surface area contributed by atoms with Crippen LogP contribution in [0.25, 0.3) is 0 Å². The molecule has 0 fully saturated rings. The molecule has 2 rings (SSSR count). The maximum atomic E-state index is 13.1. The molecule has 2 aromatic rings. The van der Waals surface area contributed by atoms with Crippen molar-refractivity contribution in [3.63, 3.8) is 0 Å². The van der Waals surface area contributed by atoms with E-state index in [2.05, 4.69) is 4.98 Å². The number of hydrogen-bond donors (Lipinski definition) is 1. The van der Waals surface area contributed by atoms with Crippen molar-refractivity contribution in [3.8, 4) is 0 Å². The van der Waals surface area contributed by atoms with Crippen LogP contribution in [0, 0.1) is 12.7 Å². The third-order valence-corrected chi connectivity index (χ3v) is 3.18. The first-order valence-electron chi connectivity index (χ1n) is 5.60. The Bertz CT molecular complexity index is 559. The Labute approximate surface area is 110 Å². The fourth-order valence-electron chi connectivity index (χ4n) is 1.77. The molecule has 0 amide bonds. The van der Waals surface area contributed by atoms with Crippen molar-refractivity contribution in [2.75, 3.05) is 0 Å². The number of halogens is 2. The van der Waals surface area contributed by atoms with Gasteiger partial charge in [-0.05, 0) is 35.7 Å². The van der Waals surface area contributed by atoms with Crippen LogP contribution >= 0.6 is 11.6 Å². The Balaban J connectivity index is 2.19. The number of pyridine rings is 1. The molecule has 1 aromatic heterocycles. The molecule has 1 heterocycles.